The van der Waals surface area contributed by atoms with Crippen molar-refractivity contribution < 1.29 is 8.42 Å². The van der Waals surface area contributed by atoms with Crippen molar-refractivity contribution in [1.82, 2.24) is 15.5 Å². The minimum absolute atomic E-state index is 0. The van der Waals surface area contributed by atoms with Crippen molar-refractivity contribution in [2.75, 3.05) is 39.7 Å². The Kier molecular flexibility index (Phi) is 13.4. The summed E-state index contributed by atoms with van der Waals surface area (Å²) in [5.74, 6) is 1.54. The van der Waals surface area contributed by atoms with Crippen LogP contribution in [0.25, 0.3) is 0 Å². The first-order valence-corrected chi connectivity index (χ1v) is 9.92. The van der Waals surface area contributed by atoms with Gasteiger partial charge in [-0.1, -0.05) is 13.8 Å². The predicted molar refractivity (Wildman–Crippen MR) is 111 cm³/mol. The topological polar surface area (TPSA) is 73.8 Å². The quantitative estimate of drug-likeness (QED) is 0.309. The lowest BCUT2D eigenvalue weighted by molar-refractivity contribution is 0.254. The van der Waals surface area contributed by atoms with Crippen molar-refractivity contribution in [3.05, 3.63) is 0 Å². The van der Waals surface area contributed by atoms with Crippen LogP contribution in [-0.4, -0.2) is 71.1 Å². The van der Waals surface area contributed by atoms with Gasteiger partial charge in [-0.25, -0.2) is 8.42 Å². The number of hydrogen-bond acceptors (Lipinski definition) is 4. The first-order chi connectivity index (χ1) is 10.0. The van der Waals surface area contributed by atoms with E-state index in [0.29, 0.717) is 18.4 Å². The molecule has 0 aliphatic carbocycles. The second-order valence-corrected chi connectivity index (χ2v) is 8.92. The highest BCUT2D eigenvalue weighted by Crippen LogP contribution is 2.08. The lowest BCUT2D eigenvalue weighted by atomic mass is 10.0. The Morgan fingerprint density at radius 2 is 1.78 bits per heavy atom. The number of nitrogens with zero attached hydrogens (tertiary/aromatic N) is 2. The van der Waals surface area contributed by atoms with Gasteiger partial charge < -0.3 is 15.5 Å². The Hall–Kier alpha value is -0.0900. The number of guanidine groups is 1. The summed E-state index contributed by atoms with van der Waals surface area (Å²) in [5, 5.41) is 6.57. The molecule has 2 unspecified atom stereocenters. The van der Waals surface area contributed by atoms with Crippen molar-refractivity contribution >= 4 is 39.8 Å². The molecule has 0 aliphatic heterocycles. The van der Waals surface area contributed by atoms with Crippen LogP contribution in [0.4, 0.5) is 0 Å². The second kappa shape index (κ2) is 12.3. The predicted octanol–water partition coefficient (Wildman–Crippen LogP) is 1.57. The number of rotatable bonds is 9. The van der Waals surface area contributed by atoms with E-state index in [1.54, 1.807) is 7.05 Å². The second-order valence-electron chi connectivity index (χ2n) is 6.66. The van der Waals surface area contributed by atoms with Gasteiger partial charge in [0.15, 0.2) is 5.96 Å². The molecule has 0 rings (SSSR count). The molecular formula is C15H35IN4O2S. The van der Waals surface area contributed by atoms with Crippen molar-refractivity contribution in [3.63, 3.8) is 0 Å². The van der Waals surface area contributed by atoms with Gasteiger partial charge in [0, 0.05) is 31.9 Å². The van der Waals surface area contributed by atoms with E-state index in [2.05, 4.69) is 48.5 Å². The van der Waals surface area contributed by atoms with Crippen LogP contribution in [-0.2, 0) is 9.84 Å². The molecule has 0 spiro atoms. The molecule has 0 fully saturated rings. The van der Waals surface area contributed by atoms with Crippen LogP contribution in [0.1, 0.15) is 33.6 Å². The molecule has 0 radical (unpaired) electrons. The van der Waals surface area contributed by atoms with E-state index < -0.39 is 9.84 Å². The lowest BCUT2D eigenvalue weighted by Crippen LogP contribution is -2.48. The summed E-state index contributed by atoms with van der Waals surface area (Å²) in [5.41, 5.74) is 0. The van der Waals surface area contributed by atoms with E-state index in [4.69, 9.17) is 0 Å². The van der Waals surface area contributed by atoms with Crippen molar-refractivity contribution in [1.29, 1.82) is 0 Å². The van der Waals surface area contributed by atoms with Crippen LogP contribution in [0, 0.1) is 5.92 Å². The van der Waals surface area contributed by atoms with Gasteiger partial charge in [-0.15, -0.1) is 24.0 Å². The highest BCUT2D eigenvalue weighted by molar-refractivity contribution is 14.0. The molecular weight excluding hydrogens is 427 g/mol. The molecule has 2 N–H and O–H groups in total. The van der Waals surface area contributed by atoms with Crippen molar-refractivity contribution in [3.8, 4) is 0 Å². The zero-order valence-corrected chi connectivity index (χ0v) is 18.7. The first-order valence-electron chi connectivity index (χ1n) is 7.86. The number of nitrogens with one attached hydrogen (secondary N) is 2. The van der Waals surface area contributed by atoms with Gasteiger partial charge in [0.2, 0.25) is 0 Å². The SMILES string of the molecule is CN=C(NCC(CC(C)C)N(C)C)NC(C)CCS(C)(=O)=O.I. The zero-order chi connectivity index (χ0) is 17.3. The minimum atomic E-state index is -2.92. The summed E-state index contributed by atoms with van der Waals surface area (Å²) in [6, 6.07) is 0.494. The molecule has 8 heteroatoms. The maximum Gasteiger partial charge on any atom is 0.191 e. The van der Waals surface area contributed by atoms with Crippen LogP contribution >= 0.6 is 24.0 Å². The third-order valence-electron chi connectivity index (χ3n) is 3.51. The number of aliphatic imine (C=N–C) groups is 1. The fourth-order valence-corrected chi connectivity index (χ4v) is 2.91. The van der Waals surface area contributed by atoms with Crippen LogP contribution in [0.2, 0.25) is 0 Å². The molecule has 6 nitrogen and oxygen atoms in total. The lowest BCUT2D eigenvalue weighted by Gasteiger charge is -2.27. The monoisotopic (exact) mass is 462 g/mol. The average molecular weight is 462 g/mol. The molecule has 0 saturated heterocycles. The summed E-state index contributed by atoms with van der Waals surface area (Å²) in [7, 11) is 2.97. The minimum Gasteiger partial charge on any atom is -0.355 e. The molecule has 0 bridgehead atoms. The van der Waals surface area contributed by atoms with E-state index in [1.807, 2.05) is 6.92 Å². The van der Waals surface area contributed by atoms with E-state index in [0.717, 1.165) is 18.9 Å². The molecule has 0 heterocycles. The van der Waals surface area contributed by atoms with Crippen LogP contribution < -0.4 is 10.6 Å². The summed E-state index contributed by atoms with van der Waals surface area (Å²) in [4.78, 5) is 6.43. The average Bonchev–Trinajstić information content (AvgIpc) is 2.38. The maximum atomic E-state index is 11.2. The molecule has 0 saturated carbocycles. The third kappa shape index (κ3) is 14.0. The Morgan fingerprint density at radius 1 is 1.22 bits per heavy atom. The highest BCUT2D eigenvalue weighted by Gasteiger charge is 2.15. The zero-order valence-electron chi connectivity index (χ0n) is 15.6. The van der Waals surface area contributed by atoms with E-state index in [9.17, 15) is 8.42 Å². The molecule has 2 atom stereocenters. The Balaban J connectivity index is 0. The van der Waals surface area contributed by atoms with Crippen molar-refractivity contribution in [2.45, 2.75) is 45.7 Å². The Morgan fingerprint density at radius 3 is 2.17 bits per heavy atom. The van der Waals surface area contributed by atoms with Crippen molar-refractivity contribution in [2.24, 2.45) is 10.9 Å². The fraction of sp³-hybridized carbons (Fsp3) is 0.933. The third-order valence-corrected chi connectivity index (χ3v) is 4.48. The number of sulfone groups is 1. The van der Waals surface area contributed by atoms with Crippen LogP contribution in [0.5, 0.6) is 0 Å². The van der Waals surface area contributed by atoms with E-state index in [-0.39, 0.29) is 35.8 Å². The normalized spacial score (nSPS) is 15.3. The summed E-state index contributed by atoms with van der Waals surface area (Å²) in [6.07, 6.45) is 2.95. The smallest absolute Gasteiger partial charge is 0.191 e. The van der Waals surface area contributed by atoms with Crippen LogP contribution in [0.15, 0.2) is 4.99 Å². The Bertz CT molecular complexity index is 439. The first kappa shape index (κ1) is 25.2. The Labute approximate surface area is 159 Å². The molecule has 0 aliphatic rings. The molecule has 0 aromatic heterocycles. The van der Waals surface area contributed by atoms with Crippen LogP contribution in [0.3, 0.4) is 0 Å². The largest absolute Gasteiger partial charge is 0.355 e. The summed E-state index contributed by atoms with van der Waals surface area (Å²) < 4.78 is 22.4. The van der Waals surface area contributed by atoms with E-state index in [1.165, 1.54) is 6.26 Å². The highest BCUT2D eigenvalue weighted by atomic mass is 127. The van der Waals surface area contributed by atoms with E-state index >= 15 is 0 Å². The van der Waals surface area contributed by atoms with Gasteiger partial charge in [0.1, 0.15) is 9.84 Å². The summed E-state index contributed by atoms with van der Waals surface area (Å²) in [6.45, 7) is 7.22. The molecule has 0 aromatic rings. The number of likely N-dealkylation sites (N-methyl/N-ethyl adjacent to an activating group) is 1. The number of hydrogen-bond donors (Lipinski definition) is 2. The number of halogens is 1. The molecule has 140 valence electrons. The maximum absolute atomic E-state index is 11.2. The van der Waals surface area contributed by atoms with Gasteiger partial charge in [-0.3, -0.25) is 4.99 Å². The van der Waals surface area contributed by atoms with Gasteiger partial charge in [0.25, 0.3) is 0 Å². The molecule has 0 aromatic carbocycles. The molecule has 23 heavy (non-hydrogen) atoms. The van der Waals surface area contributed by atoms with Gasteiger partial charge in [0.05, 0.1) is 5.75 Å². The van der Waals surface area contributed by atoms with Gasteiger partial charge in [-0.2, -0.15) is 0 Å². The van der Waals surface area contributed by atoms with Gasteiger partial charge >= 0.3 is 0 Å². The van der Waals surface area contributed by atoms with Gasteiger partial charge in [-0.05, 0) is 39.8 Å². The standard InChI is InChI=1S/C15H34N4O2S.HI/c1-12(2)10-14(19(5)6)11-17-15(16-4)18-13(3)8-9-22(7,20)21;/h12-14H,8-11H2,1-7H3,(H2,16,17,18);1H. The molecule has 0 amide bonds. The fourth-order valence-electron chi connectivity index (χ4n) is 2.13. The summed E-state index contributed by atoms with van der Waals surface area (Å²) >= 11 is 0.